The molecule has 4 heteroatoms. The molecule has 1 unspecified atom stereocenters. The first-order chi connectivity index (χ1) is 9.60. The maximum absolute atomic E-state index is 6.08. The number of halogens is 2. The van der Waals surface area contributed by atoms with Crippen LogP contribution in [-0.4, -0.2) is 6.54 Å². The van der Waals surface area contributed by atoms with E-state index in [0.717, 1.165) is 12.2 Å². The molecule has 1 atom stereocenters. The van der Waals surface area contributed by atoms with Crippen LogP contribution in [0.3, 0.4) is 0 Å². The van der Waals surface area contributed by atoms with E-state index in [4.69, 9.17) is 33.7 Å². The zero-order valence-electron chi connectivity index (χ0n) is 11.3. The molecule has 0 saturated heterocycles. The van der Waals surface area contributed by atoms with E-state index >= 15 is 0 Å². The molecule has 0 aliphatic carbocycles. The van der Waals surface area contributed by atoms with Gasteiger partial charge in [-0.3, -0.25) is 0 Å². The third-order valence-corrected chi connectivity index (χ3v) is 3.70. The van der Waals surface area contributed by atoms with Gasteiger partial charge >= 0.3 is 0 Å². The molecule has 2 aromatic carbocycles. The Morgan fingerprint density at radius 1 is 1.10 bits per heavy atom. The molecule has 0 saturated carbocycles. The van der Waals surface area contributed by atoms with E-state index in [1.807, 2.05) is 12.1 Å². The Bertz CT molecular complexity index is 569. The highest BCUT2D eigenvalue weighted by Gasteiger charge is 2.06. The van der Waals surface area contributed by atoms with Gasteiger partial charge in [0.15, 0.2) is 0 Å². The summed E-state index contributed by atoms with van der Waals surface area (Å²) in [6.45, 7) is 2.86. The summed E-state index contributed by atoms with van der Waals surface area (Å²) in [5.41, 5.74) is 6.83. The molecule has 0 fully saturated rings. The molecule has 106 valence electrons. The highest BCUT2D eigenvalue weighted by molar-refractivity contribution is 6.35. The molecule has 0 aliphatic rings. The van der Waals surface area contributed by atoms with Gasteiger partial charge in [0.2, 0.25) is 0 Å². The maximum atomic E-state index is 6.08. The van der Waals surface area contributed by atoms with Crippen molar-refractivity contribution in [1.29, 1.82) is 0 Å². The van der Waals surface area contributed by atoms with Gasteiger partial charge in [0.05, 0.1) is 5.02 Å². The second-order valence-electron chi connectivity index (χ2n) is 4.72. The van der Waals surface area contributed by atoms with Crippen LogP contribution < -0.4 is 10.5 Å². The first-order valence-electron chi connectivity index (χ1n) is 6.53. The normalized spacial score (nSPS) is 12.2. The molecule has 2 aromatic rings. The summed E-state index contributed by atoms with van der Waals surface area (Å²) in [5.74, 6) is 1.80. The molecular weight excluding hydrogens is 293 g/mol. The summed E-state index contributed by atoms with van der Waals surface area (Å²) >= 11 is 11.9. The van der Waals surface area contributed by atoms with E-state index in [2.05, 4.69) is 19.1 Å². The predicted octanol–water partition coefficient (Wildman–Crippen LogP) is 5.24. The van der Waals surface area contributed by atoms with Gasteiger partial charge in [-0.25, -0.2) is 0 Å². The van der Waals surface area contributed by atoms with E-state index in [1.54, 1.807) is 18.2 Å². The van der Waals surface area contributed by atoms with Gasteiger partial charge < -0.3 is 10.5 Å². The first kappa shape index (κ1) is 15.2. The Balaban J connectivity index is 2.10. The van der Waals surface area contributed by atoms with Crippen LogP contribution in [-0.2, 0) is 0 Å². The Labute approximate surface area is 129 Å². The number of rotatable bonds is 5. The molecule has 2 N–H and O–H groups in total. The van der Waals surface area contributed by atoms with Crippen molar-refractivity contribution < 1.29 is 4.74 Å². The lowest BCUT2D eigenvalue weighted by molar-refractivity contribution is 0.482. The van der Waals surface area contributed by atoms with Crippen LogP contribution in [0.4, 0.5) is 0 Å². The average Bonchev–Trinajstić information content (AvgIpc) is 2.43. The second kappa shape index (κ2) is 6.98. The Morgan fingerprint density at radius 3 is 2.40 bits per heavy atom. The third kappa shape index (κ3) is 3.89. The number of benzene rings is 2. The van der Waals surface area contributed by atoms with Crippen LogP contribution in [0.15, 0.2) is 42.5 Å². The minimum absolute atomic E-state index is 0.452. The zero-order valence-corrected chi connectivity index (χ0v) is 12.8. The lowest BCUT2D eigenvalue weighted by atomic mass is 9.98. The third-order valence-electron chi connectivity index (χ3n) is 3.17. The SMILES string of the molecule is CC(CCN)c1ccc(Oc2ccc(Cl)cc2Cl)cc1. The van der Waals surface area contributed by atoms with Crippen molar-refractivity contribution in [1.82, 2.24) is 0 Å². The minimum Gasteiger partial charge on any atom is -0.456 e. The van der Waals surface area contributed by atoms with E-state index in [0.29, 0.717) is 28.3 Å². The molecule has 0 aromatic heterocycles. The Hall–Kier alpha value is -1.22. The largest absolute Gasteiger partial charge is 0.456 e. The van der Waals surface area contributed by atoms with Crippen molar-refractivity contribution in [2.75, 3.05) is 6.54 Å². The van der Waals surface area contributed by atoms with Crippen molar-refractivity contribution in [3.63, 3.8) is 0 Å². The summed E-state index contributed by atoms with van der Waals surface area (Å²) in [4.78, 5) is 0. The molecular formula is C16H17Cl2NO. The summed E-state index contributed by atoms with van der Waals surface area (Å²) in [6.07, 6.45) is 0.975. The fourth-order valence-corrected chi connectivity index (χ4v) is 2.41. The van der Waals surface area contributed by atoms with Gasteiger partial charge in [-0.05, 0) is 54.8 Å². The molecule has 0 spiro atoms. The summed E-state index contributed by atoms with van der Waals surface area (Å²) in [7, 11) is 0. The zero-order chi connectivity index (χ0) is 14.5. The van der Waals surface area contributed by atoms with Crippen LogP contribution >= 0.6 is 23.2 Å². The molecule has 0 radical (unpaired) electrons. The average molecular weight is 310 g/mol. The number of ether oxygens (including phenoxy) is 1. The lowest BCUT2D eigenvalue weighted by Gasteiger charge is -2.12. The van der Waals surface area contributed by atoms with E-state index in [-0.39, 0.29) is 0 Å². The van der Waals surface area contributed by atoms with Crippen LogP contribution in [0, 0.1) is 0 Å². The van der Waals surface area contributed by atoms with Crippen molar-refractivity contribution in [2.24, 2.45) is 5.73 Å². The smallest absolute Gasteiger partial charge is 0.146 e. The van der Waals surface area contributed by atoms with Crippen LogP contribution in [0.5, 0.6) is 11.5 Å². The fraction of sp³-hybridized carbons (Fsp3) is 0.250. The van der Waals surface area contributed by atoms with Gasteiger partial charge in [-0.15, -0.1) is 0 Å². The topological polar surface area (TPSA) is 35.2 Å². The molecule has 0 amide bonds. The number of hydrogen-bond donors (Lipinski definition) is 1. The molecule has 0 aliphatic heterocycles. The number of nitrogens with two attached hydrogens (primary N) is 1. The van der Waals surface area contributed by atoms with Gasteiger partial charge in [0.1, 0.15) is 11.5 Å². The molecule has 0 bridgehead atoms. The van der Waals surface area contributed by atoms with Crippen LogP contribution in [0.2, 0.25) is 10.0 Å². The molecule has 20 heavy (non-hydrogen) atoms. The Morgan fingerprint density at radius 2 is 1.80 bits per heavy atom. The highest BCUT2D eigenvalue weighted by atomic mass is 35.5. The van der Waals surface area contributed by atoms with Gasteiger partial charge in [-0.1, -0.05) is 42.3 Å². The maximum Gasteiger partial charge on any atom is 0.146 e. The quantitative estimate of drug-likeness (QED) is 0.820. The predicted molar refractivity (Wildman–Crippen MR) is 85.1 cm³/mol. The van der Waals surface area contributed by atoms with Gasteiger partial charge in [0.25, 0.3) is 0 Å². The van der Waals surface area contributed by atoms with E-state index < -0.39 is 0 Å². The van der Waals surface area contributed by atoms with Crippen LogP contribution in [0.1, 0.15) is 24.8 Å². The van der Waals surface area contributed by atoms with Gasteiger partial charge in [0, 0.05) is 5.02 Å². The van der Waals surface area contributed by atoms with Crippen molar-refractivity contribution in [2.45, 2.75) is 19.3 Å². The summed E-state index contributed by atoms with van der Waals surface area (Å²) in [5, 5.41) is 1.09. The molecule has 0 heterocycles. The van der Waals surface area contributed by atoms with Crippen molar-refractivity contribution in [3.8, 4) is 11.5 Å². The Kier molecular flexibility index (Phi) is 5.30. The van der Waals surface area contributed by atoms with E-state index in [9.17, 15) is 0 Å². The highest BCUT2D eigenvalue weighted by Crippen LogP contribution is 2.32. The van der Waals surface area contributed by atoms with Gasteiger partial charge in [-0.2, -0.15) is 0 Å². The summed E-state index contributed by atoms with van der Waals surface area (Å²) < 4.78 is 5.74. The van der Waals surface area contributed by atoms with E-state index in [1.165, 1.54) is 5.56 Å². The lowest BCUT2D eigenvalue weighted by Crippen LogP contribution is -2.04. The van der Waals surface area contributed by atoms with Crippen molar-refractivity contribution in [3.05, 3.63) is 58.1 Å². The monoisotopic (exact) mass is 309 g/mol. The minimum atomic E-state index is 0.452. The first-order valence-corrected chi connectivity index (χ1v) is 7.28. The molecule has 2 nitrogen and oxygen atoms in total. The standard InChI is InChI=1S/C16H17Cl2NO/c1-11(8-9-19)12-2-5-14(6-3-12)20-16-7-4-13(17)10-15(16)18/h2-7,10-11H,8-9,19H2,1H3. The van der Waals surface area contributed by atoms with Crippen molar-refractivity contribution >= 4 is 23.2 Å². The summed E-state index contributed by atoms with van der Waals surface area (Å²) in [6, 6.07) is 13.2. The fourth-order valence-electron chi connectivity index (χ4n) is 1.97. The number of hydrogen-bond acceptors (Lipinski definition) is 2. The molecule has 2 rings (SSSR count). The van der Waals surface area contributed by atoms with Crippen LogP contribution in [0.25, 0.3) is 0 Å². The second-order valence-corrected chi connectivity index (χ2v) is 5.57.